The van der Waals surface area contributed by atoms with Crippen LogP contribution in [0.15, 0.2) is 101 Å². The lowest BCUT2D eigenvalue weighted by Crippen LogP contribution is -2.23. The molecular weight excluding hydrogens is 528 g/mol. The molecule has 6 rings (SSSR count). The van der Waals surface area contributed by atoms with E-state index in [-0.39, 0.29) is 28.0 Å². The number of nitrogen functional groups attached to an aromatic ring is 1. The van der Waals surface area contributed by atoms with Gasteiger partial charge in [-0.3, -0.25) is 9.52 Å². The van der Waals surface area contributed by atoms with Gasteiger partial charge in [-0.2, -0.15) is 0 Å². The molecule has 0 spiro atoms. The number of nitrogens with two attached hydrogens (primary N) is 1. The third kappa shape index (κ3) is 4.22. The molecule has 0 aliphatic heterocycles. The van der Waals surface area contributed by atoms with Crippen molar-refractivity contribution < 1.29 is 13.2 Å². The van der Waals surface area contributed by atoms with Crippen LogP contribution < -0.4 is 20.8 Å². The van der Waals surface area contributed by atoms with Crippen molar-refractivity contribution in [3.05, 3.63) is 102 Å². The number of methoxy groups -OCH3 is 1. The summed E-state index contributed by atoms with van der Waals surface area (Å²) in [5, 5.41) is 1.15. The highest BCUT2D eigenvalue weighted by atomic mass is 32.2. The van der Waals surface area contributed by atoms with Crippen molar-refractivity contribution in [1.82, 2.24) is 19.1 Å². The molecule has 200 valence electrons. The molecule has 40 heavy (non-hydrogen) atoms. The summed E-state index contributed by atoms with van der Waals surface area (Å²) in [5.74, 6) is 0.181. The van der Waals surface area contributed by atoms with Crippen LogP contribution in [0.2, 0.25) is 0 Å². The van der Waals surface area contributed by atoms with Crippen molar-refractivity contribution in [3.8, 4) is 22.7 Å². The molecule has 3 aromatic heterocycles. The summed E-state index contributed by atoms with van der Waals surface area (Å²) in [7, 11) is -0.812. The molecule has 10 nitrogen and oxygen atoms in total. The molecule has 6 aromatic rings. The highest BCUT2D eigenvalue weighted by Gasteiger charge is 2.22. The van der Waals surface area contributed by atoms with Gasteiger partial charge in [-0.1, -0.05) is 36.4 Å². The van der Waals surface area contributed by atoms with Crippen molar-refractivity contribution in [2.45, 2.75) is 4.90 Å². The van der Waals surface area contributed by atoms with E-state index in [0.29, 0.717) is 33.2 Å². The van der Waals surface area contributed by atoms with E-state index in [1.54, 1.807) is 72.5 Å². The van der Waals surface area contributed by atoms with Gasteiger partial charge in [0.05, 0.1) is 29.2 Å². The second kappa shape index (κ2) is 9.54. The quantitative estimate of drug-likeness (QED) is 0.314. The standard InChI is InChI=1S/C29H24N6O4S/c1-34-14-13-18-7-6-10-25(26(18)34)40(37,38)33-24-16-20(17-31-27(24)39-2)19-11-12-23-22(15-19)28(36)35(29(30)32-23)21-8-4-3-5-9-21/h3-17,33H,1-2H3,(H2,30,32). The van der Waals surface area contributed by atoms with E-state index >= 15 is 0 Å². The summed E-state index contributed by atoms with van der Waals surface area (Å²) in [6, 6.07) is 22.7. The van der Waals surface area contributed by atoms with Crippen molar-refractivity contribution in [3.63, 3.8) is 0 Å². The maximum absolute atomic E-state index is 13.5. The maximum Gasteiger partial charge on any atom is 0.267 e. The normalized spacial score (nSPS) is 11.7. The van der Waals surface area contributed by atoms with E-state index < -0.39 is 10.0 Å². The molecule has 0 radical (unpaired) electrons. The van der Waals surface area contributed by atoms with E-state index in [0.717, 1.165) is 5.39 Å². The van der Waals surface area contributed by atoms with Gasteiger partial charge in [0.25, 0.3) is 15.6 Å². The van der Waals surface area contributed by atoms with Crippen LogP contribution in [0.25, 0.3) is 38.6 Å². The van der Waals surface area contributed by atoms with Crippen LogP contribution in [-0.4, -0.2) is 34.6 Å². The van der Waals surface area contributed by atoms with Gasteiger partial charge in [-0.05, 0) is 48.0 Å². The zero-order valence-corrected chi connectivity index (χ0v) is 22.4. The Bertz CT molecular complexity index is 2090. The molecule has 0 saturated carbocycles. The van der Waals surface area contributed by atoms with Crippen LogP contribution in [0.1, 0.15) is 0 Å². The fourth-order valence-electron chi connectivity index (χ4n) is 4.79. The molecule has 3 aromatic carbocycles. The zero-order valence-electron chi connectivity index (χ0n) is 21.6. The van der Waals surface area contributed by atoms with E-state index in [2.05, 4.69) is 14.7 Å². The van der Waals surface area contributed by atoms with Crippen LogP contribution in [0.5, 0.6) is 5.88 Å². The van der Waals surface area contributed by atoms with Gasteiger partial charge in [0.15, 0.2) is 0 Å². The molecule has 0 bridgehead atoms. The summed E-state index contributed by atoms with van der Waals surface area (Å²) < 4.78 is 38.2. The summed E-state index contributed by atoms with van der Waals surface area (Å²) >= 11 is 0. The number of aryl methyl sites for hydroxylation is 1. The fourth-order valence-corrected chi connectivity index (χ4v) is 6.11. The third-order valence-electron chi connectivity index (χ3n) is 6.68. The highest BCUT2D eigenvalue weighted by Crippen LogP contribution is 2.32. The number of nitrogens with one attached hydrogen (secondary N) is 1. The van der Waals surface area contributed by atoms with Gasteiger partial charge in [0, 0.05) is 30.4 Å². The SMILES string of the molecule is COc1ncc(-c2ccc3nc(N)n(-c4ccccc4)c(=O)c3c2)cc1NS(=O)(=O)c1cccc2ccn(C)c12. The molecule has 0 unspecified atom stereocenters. The largest absolute Gasteiger partial charge is 0.480 e. The molecule has 0 fully saturated rings. The summed E-state index contributed by atoms with van der Waals surface area (Å²) in [4.78, 5) is 22.3. The smallest absolute Gasteiger partial charge is 0.267 e. The minimum Gasteiger partial charge on any atom is -0.480 e. The lowest BCUT2D eigenvalue weighted by atomic mass is 10.0. The van der Waals surface area contributed by atoms with E-state index in [9.17, 15) is 13.2 Å². The van der Waals surface area contributed by atoms with Gasteiger partial charge in [-0.25, -0.2) is 23.0 Å². The Balaban J connectivity index is 1.44. The number of pyridine rings is 1. The van der Waals surface area contributed by atoms with Gasteiger partial charge in [0.1, 0.15) is 10.6 Å². The monoisotopic (exact) mass is 552 g/mol. The number of benzene rings is 3. The highest BCUT2D eigenvalue weighted by molar-refractivity contribution is 7.93. The topological polar surface area (TPSA) is 134 Å². The number of fused-ring (bicyclic) bond motifs is 2. The van der Waals surface area contributed by atoms with Gasteiger partial charge < -0.3 is 15.0 Å². The molecule has 0 saturated heterocycles. The number of aromatic nitrogens is 4. The minimum atomic E-state index is -4.01. The Morgan fingerprint density at radius 1 is 0.950 bits per heavy atom. The summed E-state index contributed by atoms with van der Waals surface area (Å²) in [6.45, 7) is 0. The molecule has 3 N–H and O–H groups in total. The molecule has 0 atom stereocenters. The second-order valence-electron chi connectivity index (χ2n) is 9.18. The molecule has 0 amide bonds. The Kier molecular flexibility index (Phi) is 6.00. The van der Waals surface area contributed by atoms with Crippen LogP contribution in [0.3, 0.4) is 0 Å². The number of hydrogen-bond acceptors (Lipinski definition) is 7. The number of hydrogen-bond donors (Lipinski definition) is 2. The molecule has 11 heteroatoms. The van der Waals surface area contributed by atoms with E-state index in [1.165, 1.54) is 11.7 Å². The average Bonchev–Trinajstić information content (AvgIpc) is 3.34. The fraction of sp³-hybridized carbons (Fsp3) is 0.0690. The first kappa shape index (κ1) is 25.1. The average molecular weight is 553 g/mol. The maximum atomic E-state index is 13.5. The number of para-hydroxylation sites is 2. The van der Waals surface area contributed by atoms with Gasteiger partial charge in [-0.15, -0.1) is 0 Å². The first-order valence-corrected chi connectivity index (χ1v) is 13.7. The predicted octanol–water partition coefficient (Wildman–Crippen LogP) is 4.33. The van der Waals surface area contributed by atoms with Crippen molar-refractivity contribution in [2.75, 3.05) is 17.6 Å². The van der Waals surface area contributed by atoms with Crippen molar-refractivity contribution in [2.24, 2.45) is 7.05 Å². The number of rotatable bonds is 6. The Morgan fingerprint density at radius 3 is 2.52 bits per heavy atom. The first-order chi connectivity index (χ1) is 19.3. The Morgan fingerprint density at radius 2 is 1.75 bits per heavy atom. The predicted molar refractivity (Wildman–Crippen MR) is 155 cm³/mol. The van der Waals surface area contributed by atoms with Crippen molar-refractivity contribution in [1.29, 1.82) is 0 Å². The third-order valence-corrected chi connectivity index (χ3v) is 8.08. The molecular formula is C29H24N6O4S. The minimum absolute atomic E-state index is 0.0764. The molecule has 0 aliphatic rings. The number of ether oxygens (including phenoxy) is 1. The van der Waals surface area contributed by atoms with E-state index in [1.807, 2.05) is 30.3 Å². The molecule has 3 heterocycles. The summed E-state index contributed by atoms with van der Waals surface area (Å²) in [6.07, 6.45) is 3.36. The lowest BCUT2D eigenvalue weighted by Gasteiger charge is -2.14. The Labute approximate surface area is 229 Å². The summed E-state index contributed by atoms with van der Waals surface area (Å²) in [5.41, 5.74) is 8.78. The van der Waals surface area contributed by atoms with Crippen LogP contribution in [0.4, 0.5) is 11.6 Å². The van der Waals surface area contributed by atoms with Crippen LogP contribution in [0, 0.1) is 0 Å². The number of nitrogens with zero attached hydrogens (tertiary/aromatic N) is 4. The number of sulfonamides is 1. The van der Waals surface area contributed by atoms with Crippen LogP contribution in [-0.2, 0) is 17.1 Å². The van der Waals surface area contributed by atoms with E-state index in [4.69, 9.17) is 10.5 Å². The second-order valence-corrected chi connectivity index (χ2v) is 10.8. The van der Waals surface area contributed by atoms with Crippen LogP contribution >= 0.6 is 0 Å². The van der Waals surface area contributed by atoms with Gasteiger partial charge in [0.2, 0.25) is 11.8 Å². The Hall–Kier alpha value is -5.16. The number of anilines is 2. The zero-order chi connectivity index (χ0) is 28.0. The van der Waals surface area contributed by atoms with Crippen molar-refractivity contribution >= 4 is 43.5 Å². The van der Waals surface area contributed by atoms with Gasteiger partial charge >= 0.3 is 0 Å². The first-order valence-electron chi connectivity index (χ1n) is 12.3. The molecule has 0 aliphatic carbocycles. The lowest BCUT2D eigenvalue weighted by molar-refractivity contribution is 0.400.